The number of halogens is 1. The Morgan fingerprint density at radius 1 is 1.42 bits per heavy atom. The fraction of sp³-hybridized carbons (Fsp3) is 0.611. The largest absolute Gasteiger partial charge is 0.489 e. The van der Waals surface area contributed by atoms with Gasteiger partial charge in [-0.2, -0.15) is 0 Å². The third-order valence-corrected chi connectivity index (χ3v) is 4.22. The average molecular weight is 400 g/mol. The molecule has 0 aromatic heterocycles. The number of carbonyl (C=O) groups is 1. The maximum Gasteiger partial charge on any atom is 0.410 e. The van der Waals surface area contributed by atoms with Crippen molar-refractivity contribution in [2.75, 3.05) is 20.3 Å². The molecule has 5 nitrogen and oxygen atoms in total. The van der Waals surface area contributed by atoms with Crippen LogP contribution in [-0.4, -0.2) is 43.0 Å². The monoisotopic (exact) mass is 399 g/mol. The lowest BCUT2D eigenvalue weighted by Gasteiger charge is -2.25. The molecule has 1 aliphatic rings. The van der Waals surface area contributed by atoms with Crippen LogP contribution in [0.3, 0.4) is 0 Å². The van der Waals surface area contributed by atoms with Crippen LogP contribution in [0.1, 0.15) is 39.2 Å². The standard InChI is InChI=1S/C18H26BrNO4/c1-18(2,3)24-17(21)20(4)11-13-7-5-9-15(19)16(13)23-12-14-8-6-10-22-14/h5,7,9,14H,6,8,10-12H2,1-4H3. The Kier molecular flexibility index (Phi) is 6.52. The van der Waals surface area contributed by atoms with Crippen molar-refractivity contribution in [1.82, 2.24) is 4.90 Å². The Balaban J connectivity index is 2.03. The highest BCUT2D eigenvalue weighted by atomic mass is 79.9. The Hall–Kier alpha value is -1.27. The lowest BCUT2D eigenvalue weighted by atomic mass is 10.2. The lowest BCUT2D eigenvalue weighted by Crippen LogP contribution is -2.34. The van der Waals surface area contributed by atoms with E-state index in [2.05, 4.69) is 15.9 Å². The average Bonchev–Trinajstić information content (AvgIpc) is 2.98. The van der Waals surface area contributed by atoms with Crippen LogP contribution in [0.25, 0.3) is 0 Å². The van der Waals surface area contributed by atoms with Gasteiger partial charge in [0.15, 0.2) is 0 Å². The third kappa shape index (κ3) is 5.67. The molecule has 134 valence electrons. The van der Waals surface area contributed by atoms with Gasteiger partial charge in [-0.3, -0.25) is 0 Å². The zero-order valence-corrected chi connectivity index (χ0v) is 16.4. The predicted octanol–water partition coefficient (Wildman–Crippen LogP) is 4.37. The first kappa shape index (κ1) is 19.1. The summed E-state index contributed by atoms with van der Waals surface area (Å²) < 4.78 is 17.9. The van der Waals surface area contributed by atoms with Crippen molar-refractivity contribution in [1.29, 1.82) is 0 Å². The molecule has 2 rings (SSSR count). The zero-order valence-electron chi connectivity index (χ0n) is 14.8. The Morgan fingerprint density at radius 3 is 2.79 bits per heavy atom. The van der Waals surface area contributed by atoms with Crippen LogP contribution in [0.5, 0.6) is 5.75 Å². The summed E-state index contributed by atoms with van der Waals surface area (Å²) >= 11 is 3.53. The summed E-state index contributed by atoms with van der Waals surface area (Å²) in [5.41, 5.74) is 0.414. The smallest absolute Gasteiger partial charge is 0.410 e. The molecule has 6 heteroatoms. The zero-order chi connectivity index (χ0) is 17.7. The fourth-order valence-corrected chi connectivity index (χ4v) is 2.97. The van der Waals surface area contributed by atoms with E-state index in [1.807, 2.05) is 39.0 Å². The molecule has 1 aliphatic heterocycles. The minimum absolute atomic E-state index is 0.147. The number of rotatable bonds is 5. The summed E-state index contributed by atoms with van der Waals surface area (Å²) in [5.74, 6) is 0.753. The van der Waals surface area contributed by atoms with E-state index in [1.54, 1.807) is 11.9 Å². The van der Waals surface area contributed by atoms with Crippen molar-refractivity contribution in [3.8, 4) is 5.75 Å². The molecule has 0 saturated carbocycles. The number of carbonyl (C=O) groups excluding carboxylic acids is 1. The molecular formula is C18H26BrNO4. The van der Waals surface area contributed by atoms with Crippen LogP contribution in [-0.2, 0) is 16.0 Å². The van der Waals surface area contributed by atoms with Gasteiger partial charge in [0.1, 0.15) is 18.0 Å². The first-order chi connectivity index (χ1) is 11.3. The SMILES string of the molecule is CN(Cc1cccc(Br)c1OCC1CCCO1)C(=O)OC(C)(C)C. The van der Waals surface area contributed by atoms with Crippen LogP contribution in [0.4, 0.5) is 4.79 Å². The van der Waals surface area contributed by atoms with E-state index in [4.69, 9.17) is 14.2 Å². The molecule has 1 fully saturated rings. The van der Waals surface area contributed by atoms with Crippen LogP contribution in [0, 0.1) is 0 Å². The number of hydrogen-bond donors (Lipinski definition) is 0. The first-order valence-corrected chi connectivity index (χ1v) is 9.01. The second-order valence-electron chi connectivity index (χ2n) is 7.01. The van der Waals surface area contributed by atoms with Crippen molar-refractivity contribution in [3.05, 3.63) is 28.2 Å². The van der Waals surface area contributed by atoms with E-state index in [0.717, 1.165) is 35.2 Å². The summed E-state index contributed by atoms with van der Waals surface area (Å²) in [7, 11) is 1.72. The molecule has 1 unspecified atom stereocenters. The quantitative estimate of drug-likeness (QED) is 0.736. The summed E-state index contributed by atoms with van der Waals surface area (Å²) in [6.07, 6.45) is 1.90. The number of hydrogen-bond acceptors (Lipinski definition) is 4. The summed E-state index contributed by atoms with van der Waals surface area (Å²) in [6, 6.07) is 5.82. The van der Waals surface area contributed by atoms with Gasteiger partial charge >= 0.3 is 6.09 Å². The molecule has 1 amide bonds. The van der Waals surface area contributed by atoms with Crippen molar-refractivity contribution in [2.45, 2.75) is 51.9 Å². The molecule has 0 spiro atoms. The van der Waals surface area contributed by atoms with Crippen molar-refractivity contribution in [3.63, 3.8) is 0 Å². The Labute approximate surface area is 152 Å². The molecule has 0 aliphatic carbocycles. The lowest BCUT2D eigenvalue weighted by molar-refractivity contribution is 0.0282. The highest BCUT2D eigenvalue weighted by Gasteiger charge is 2.22. The number of ether oxygens (including phenoxy) is 3. The van der Waals surface area contributed by atoms with E-state index in [1.165, 1.54) is 0 Å². The normalized spacial score (nSPS) is 17.6. The molecule has 24 heavy (non-hydrogen) atoms. The van der Waals surface area contributed by atoms with E-state index < -0.39 is 5.60 Å². The van der Waals surface area contributed by atoms with E-state index >= 15 is 0 Å². The maximum absolute atomic E-state index is 12.2. The number of amides is 1. The van der Waals surface area contributed by atoms with Gasteiger partial charge in [-0.05, 0) is 55.6 Å². The van der Waals surface area contributed by atoms with Crippen molar-refractivity contribution in [2.24, 2.45) is 0 Å². The van der Waals surface area contributed by atoms with Crippen LogP contribution in [0.2, 0.25) is 0 Å². The topological polar surface area (TPSA) is 48.0 Å². The maximum atomic E-state index is 12.2. The van der Waals surface area contributed by atoms with Gasteiger partial charge in [0.2, 0.25) is 0 Å². The van der Waals surface area contributed by atoms with E-state index in [9.17, 15) is 4.79 Å². The highest BCUT2D eigenvalue weighted by molar-refractivity contribution is 9.10. The highest BCUT2D eigenvalue weighted by Crippen LogP contribution is 2.31. The van der Waals surface area contributed by atoms with Crippen molar-refractivity contribution >= 4 is 22.0 Å². The summed E-state index contributed by atoms with van der Waals surface area (Å²) in [6.45, 7) is 7.30. The van der Waals surface area contributed by atoms with E-state index in [-0.39, 0.29) is 12.2 Å². The molecule has 1 atom stereocenters. The van der Waals surface area contributed by atoms with Crippen LogP contribution >= 0.6 is 15.9 Å². The van der Waals surface area contributed by atoms with Gasteiger partial charge in [0, 0.05) is 19.2 Å². The van der Waals surface area contributed by atoms with Gasteiger partial charge in [0.05, 0.1) is 17.1 Å². The molecule has 1 heterocycles. The second kappa shape index (κ2) is 8.21. The van der Waals surface area contributed by atoms with Gasteiger partial charge in [-0.15, -0.1) is 0 Å². The number of para-hydroxylation sites is 1. The molecule has 1 aromatic carbocycles. The van der Waals surface area contributed by atoms with Gasteiger partial charge < -0.3 is 19.1 Å². The molecule has 0 bridgehead atoms. The third-order valence-electron chi connectivity index (χ3n) is 3.60. The van der Waals surface area contributed by atoms with Crippen LogP contribution in [0.15, 0.2) is 22.7 Å². The minimum atomic E-state index is -0.512. The molecular weight excluding hydrogens is 374 g/mol. The first-order valence-electron chi connectivity index (χ1n) is 8.22. The Bertz CT molecular complexity index is 565. The predicted molar refractivity (Wildman–Crippen MR) is 96.3 cm³/mol. The second-order valence-corrected chi connectivity index (χ2v) is 7.86. The molecule has 1 saturated heterocycles. The Morgan fingerprint density at radius 2 is 2.17 bits per heavy atom. The minimum Gasteiger partial charge on any atom is -0.489 e. The fourth-order valence-electron chi connectivity index (χ4n) is 2.45. The van der Waals surface area contributed by atoms with Crippen molar-refractivity contribution < 1.29 is 19.0 Å². The summed E-state index contributed by atoms with van der Waals surface area (Å²) in [5, 5.41) is 0. The summed E-state index contributed by atoms with van der Waals surface area (Å²) in [4.78, 5) is 13.7. The van der Waals surface area contributed by atoms with Gasteiger partial charge in [0.25, 0.3) is 0 Å². The molecule has 1 aromatic rings. The van der Waals surface area contributed by atoms with E-state index in [0.29, 0.717) is 13.2 Å². The number of benzene rings is 1. The molecule has 0 N–H and O–H groups in total. The van der Waals surface area contributed by atoms with Crippen LogP contribution < -0.4 is 4.74 Å². The molecule has 0 radical (unpaired) electrons. The number of nitrogens with zero attached hydrogens (tertiary/aromatic N) is 1. The van der Waals surface area contributed by atoms with Gasteiger partial charge in [-0.1, -0.05) is 12.1 Å². The van der Waals surface area contributed by atoms with Gasteiger partial charge in [-0.25, -0.2) is 4.79 Å².